The Morgan fingerprint density at radius 1 is 0.792 bits per heavy atom. The van der Waals surface area contributed by atoms with Gasteiger partial charge in [-0.25, -0.2) is 0 Å². The van der Waals surface area contributed by atoms with E-state index >= 15 is 0 Å². The highest BCUT2D eigenvalue weighted by atomic mass is 31.2. The fourth-order valence-corrected chi connectivity index (χ4v) is 6.28. The van der Waals surface area contributed by atoms with E-state index in [0.29, 0.717) is 24.7 Å². The van der Waals surface area contributed by atoms with Gasteiger partial charge in [-0.15, -0.1) is 0 Å². The van der Waals surface area contributed by atoms with E-state index in [0.717, 1.165) is 0 Å². The molecule has 0 aromatic heterocycles. The zero-order valence-electron chi connectivity index (χ0n) is 14.4. The average molecular weight is 341 g/mol. The van der Waals surface area contributed by atoms with Crippen LogP contribution in [0.2, 0.25) is 0 Å². The molecule has 1 aliphatic carbocycles. The van der Waals surface area contributed by atoms with Crippen molar-refractivity contribution in [2.75, 3.05) is 6.29 Å². The minimum absolute atomic E-state index is 0.554. The molecular formula is C21H28NOP. The van der Waals surface area contributed by atoms with Crippen molar-refractivity contribution in [1.29, 1.82) is 0 Å². The van der Waals surface area contributed by atoms with Crippen molar-refractivity contribution in [2.24, 2.45) is 0 Å². The highest BCUT2D eigenvalue weighted by molar-refractivity contribution is 7.62. The Kier molecular flexibility index (Phi) is 6.29. The van der Waals surface area contributed by atoms with Crippen LogP contribution in [0.15, 0.2) is 60.7 Å². The number of nitrogens with one attached hydrogen (secondary N) is 1. The largest absolute Gasteiger partial charge is 0.322 e. The maximum atomic E-state index is 13.7. The second-order valence-corrected chi connectivity index (χ2v) is 10.1. The molecule has 0 heterocycles. The zero-order valence-corrected chi connectivity index (χ0v) is 15.3. The first kappa shape index (κ1) is 17.5. The summed E-state index contributed by atoms with van der Waals surface area (Å²) in [4.78, 5) is 0. The predicted molar refractivity (Wildman–Crippen MR) is 103 cm³/mol. The van der Waals surface area contributed by atoms with Gasteiger partial charge in [-0.1, -0.05) is 79.9 Å². The van der Waals surface area contributed by atoms with Crippen LogP contribution in [0.25, 0.3) is 0 Å². The van der Waals surface area contributed by atoms with E-state index in [4.69, 9.17) is 0 Å². The predicted octanol–water partition coefficient (Wildman–Crippen LogP) is 5.63. The third kappa shape index (κ3) is 5.33. The van der Waals surface area contributed by atoms with Crippen molar-refractivity contribution in [3.05, 3.63) is 71.8 Å². The first-order valence-electron chi connectivity index (χ1n) is 9.12. The Labute approximate surface area is 146 Å². The molecule has 1 aliphatic rings. The molecule has 24 heavy (non-hydrogen) atoms. The van der Waals surface area contributed by atoms with Gasteiger partial charge in [0.15, 0.2) is 0 Å². The summed E-state index contributed by atoms with van der Waals surface area (Å²) in [5, 5.41) is 3.64. The van der Waals surface area contributed by atoms with Crippen molar-refractivity contribution in [2.45, 2.75) is 50.5 Å². The molecule has 0 aliphatic heterocycles. The summed E-state index contributed by atoms with van der Waals surface area (Å²) in [6.07, 6.45) is 8.45. The molecule has 0 saturated heterocycles. The Bertz CT molecular complexity index is 605. The number of rotatable bonds is 7. The zero-order chi connectivity index (χ0) is 16.7. The SMILES string of the molecule is O=P(CNC1CCCCC1)(Cc1ccccc1)Cc1ccccc1. The Hall–Kier alpha value is -1.37. The van der Waals surface area contributed by atoms with E-state index < -0.39 is 7.14 Å². The molecule has 2 nitrogen and oxygen atoms in total. The molecule has 2 aromatic rings. The Morgan fingerprint density at radius 2 is 1.29 bits per heavy atom. The Balaban J connectivity index is 1.70. The molecule has 1 fully saturated rings. The molecule has 2 aromatic carbocycles. The van der Waals surface area contributed by atoms with Gasteiger partial charge in [0, 0.05) is 18.4 Å². The van der Waals surface area contributed by atoms with E-state index in [1.165, 1.54) is 43.2 Å². The second kappa shape index (κ2) is 8.65. The van der Waals surface area contributed by atoms with Crippen molar-refractivity contribution >= 4 is 7.14 Å². The second-order valence-electron chi connectivity index (χ2n) is 7.04. The van der Waals surface area contributed by atoms with E-state index in [2.05, 4.69) is 29.6 Å². The van der Waals surface area contributed by atoms with Gasteiger partial charge in [-0.3, -0.25) is 0 Å². The molecule has 0 atom stereocenters. The van der Waals surface area contributed by atoms with Crippen LogP contribution in [0, 0.1) is 0 Å². The van der Waals surface area contributed by atoms with Crippen LogP contribution in [0.1, 0.15) is 43.2 Å². The number of hydrogen-bond donors (Lipinski definition) is 1. The van der Waals surface area contributed by atoms with Gasteiger partial charge in [-0.2, -0.15) is 0 Å². The first-order chi connectivity index (χ1) is 11.7. The molecule has 3 rings (SSSR count). The summed E-state index contributed by atoms with van der Waals surface area (Å²) in [6.45, 7) is 0. The van der Waals surface area contributed by atoms with Crippen LogP contribution in [-0.2, 0) is 16.9 Å². The number of hydrogen-bond acceptors (Lipinski definition) is 2. The quantitative estimate of drug-likeness (QED) is 0.661. The van der Waals surface area contributed by atoms with Gasteiger partial charge < -0.3 is 9.88 Å². The van der Waals surface area contributed by atoms with Crippen molar-refractivity contribution in [3.63, 3.8) is 0 Å². The van der Waals surface area contributed by atoms with E-state index in [1.807, 2.05) is 36.4 Å². The summed E-state index contributed by atoms with van der Waals surface area (Å²) < 4.78 is 13.7. The van der Waals surface area contributed by atoms with Crippen LogP contribution >= 0.6 is 7.14 Å². The molecular weight excluding hydrogens is 313 g/mol. The third-order valence-electron chi connectivity index (χ3n) is 4.90. The van der Waals surface area contributed by atoms with Gasteiger partial charge in [0.2, 0.25) is 0 Å². The molecule has 0 unspecified atom stereocenters. The van der Waals surface area contributed by atoms with Crippen LogP contribution in [0.5, 0.6) is 0 Å². The molecule has 0 amide bonds. The van der Waals surface area contributed by atoms with Crippen molar-refractivity contribution in [1.82, 2.24) is 5.32 Å². The van der Waals surface area contributed by atoms with Crippen molar-refractivity contribution in [3.8, 4) is 0 Å². The van der Waals surface area contributed by atoms with Gasteiger partial charge in [0.25, 0.3) is 0 Å². The fraction of sp³-hybridized carbons (Fsp3) is 0.429. The third-order valence-corrected chi connectivity index (χ3v) is 7.54. The van der Waals surface area contributed by atoms with Crippen LogP contribution < -0.4 is 5.32 Å². The minimum Gasteiger partial charge on any atom is -0.322 e. The fourth-order valence-electron chi connectivity index (χ4n) is 3.60. The highest BCUT2D eigenvalue weighted by Crippen LogP contribution is 2.51. The lowest BCUT2D eigenvalue weighted by molar-refractivity contribution is 0.387. The monoisotopic (exact) mass is 341 g/mol. The maximum absolute atomic E-state index is 13.7. The molecule has 0 bridgehead atoms. The summed E-state index contributed by atoms with van der Waals surface area (Å²) in [7, 11) is -2.34. The van der Waals surface area contributed by atoms with E-state index in [9.17, 15) is 4.57 Å². The molecule has 1 saturated carbocycles. The topological polar surface area (TPSA) is 29.1 Å². The molecule has 0 spiro atoms. The van der Waals surface area contributed by atoms with Gasteiger partial charge in [0.05, 0.1) is 6.29 Å². The van der Waals surface area contributed by atoms with E-state index in [-0.39, 0.29) is 0 Å². The lowest BCUT2D eigenvalue weighted by atomic mass is 9.96. The standard InChI is InChI=1S/C21H28NOP/c23-24(16-19-10-4-1-5-11-19,17-20-12-6-2-7-13-20)18-22-21-14-8-3-9-15-21/h1-2,4-7,10-13,21-22H,3,8-9,14-18H2. The summed E-state index contributed by atoms with van der Waals surface area (Å²) in [5.74, 6) is 0. The molecule has 1 N–H and O–H groups in total. The van der Waals surface area contributed by atoms with E-state index in [1.54, 1.807) is 0 Å². The highest BCUT2D eigenvalue weighted by Gasteiger charge is 2.25. The summed E-state index contributed by atoms with van der Waals surface area (Å²) >= 11 is 0. The van der Waals surface area contributed by atoms with Crippen LogP contribution in [-0.4, -0.2) is 12.3 Å². The van der Waals surface area contributed by atoms with Crippen LogP contribution in [0.4, 0.5) is 0 Å². The maximum Gasteiger partial charge on any atom is 0.109 e. The molecule has 128 valence electrons. The number of benzene rings is 2. The minimum atomic E-state index is -2.34. The Morgan fingerprint density at radius 3 is 1.79 bits per heavy atom. The van der Waals surface area contributed by atoms with Gasteiger partial charge in [0.1, 0.15) is 7.14 Å². The lowest BCUT2D eigenvalue weighted by Crippen LogP contribution is -2.32. The van der Waals surface area contributed by atoms with Crippen LogP contribution in [0.3, 0.4) is 0 Å². The van der Waals surface area contributed by atoms with Crippen molar-refractivity contribution < 1.29 is 4.57 Å². The smallest absolute Gasteiger partial charge is 0.109 e. The first-order valence-corrected chi connectivity index (χ1v) is 11.4. The average Bonchev–Trinajstić information content (AvgIpc) is 2.63. The molecule has 3 heteroatoms. The van der Waals surface area contributed by atoms with Gasteiger partial charge in [-0.05, 0) is 24.0 Å². The normalized spacial score (nSPS) is 16.2. The van der Waals surface area contributed by atoms with Gasteiger partial charge >= 0.3 is 0 Å². The summed E-state index contributed by atoms with van der Waals surface area (Å²) in [6, 6.07) is 21.1. The lowest BCUT2D eigenvalue weighted by Gasteiger charge is -2.26. The molecule has 0 radical (unpaired) electrons. The summed E-state index contributed by atoms with van der Waals surface area (Å²) in [5.41, 5.74) is 2.37.